The third-order valence-corrected chi connectivity index (χ3v) is 7.21. The van der Waals surface area contributed by atoms with Gasteiger partial charge in [0.25, 0.3) is 0 Å². The molecule has 1 fully saturated rings. The fourth-order valence-electron chi connectivity index (χ4n) is 4.93. The Labute approximate surface area is 205 Å². The Bertz CT molecular complexity index is 1350. The summed E-state index contributed by atoms with van der Waals surface area (Å²) in [5.74, 6) is -2.22. The van der Waals surface area contributed by atoms with E-state index in [1.807, 2.05) is 10.9 Å². The standard InChI is InChI=1S/C25H25ClF3N5O/c1-35-20-7-6-19(27)23(26)22(20)21(24(28)29)18-11-32-25-17(18)8-13(9-31-25)14-10-33-34(12-14)16-4-2-15(30)3-5-16/h6-12,15-16,21,24H,2-5,30H2,1H3,(H,31,32)/t15?,16?,21-/m1/s1. The van der Waals surface area contributed by atoms with Gasteiger partial charge in [-0.15, -0.1) is 0 Å². The molecule has 0 saturated heterocycles. The largest absolute Gasteiger partial charge is 0.496 e. The normalized spacial score (nSPS) is 19.4. The molecule has 0 aliphatic heterocycles. The summed E-state index contributed by atoms with van der Waals surface area (Å²) >= 11 is 6.16. The first-order valence-corrected chi connectivity index (χ1v) is 11.8. The van der Waals surface area contributed by atoms with Crippen LogP contribution < -0.4 is 10.5 Å². The maximum atomic E-state index is 14.5. The SMILES string of the molecule is COc1ccc(F)c(Cl)c1[C@@H](c1c[nH]c2ncc(-c3cnn(C4CCC(N)CC4)c3)cc12)C(F)F. The Morgan fingerprint density at radius 3 is 2.66 bits per heavy atom. The van der Waals surface area contributed by atoms with Gasteiger partial charge in [-0.2, -0.15) is 5.10 Å². The average molecular weight is 504 g/mol. The summed E-state index contributed by atoms with van der Waals surface area (Å²) < 4.78 is 50.4. The lowest BCUT2D eigenvalue weighted by molar-refractivity contribution is 0.128. The van der Waals surface area contributed by atoms with Crippen molar-refractivity contribution in [1.29, 1.82) is 0 Å². The fraction of sp³-hybridized carbons (Fsp3) is 0.360. The van der Waals surface area contributed by atoms with Gasteiger partial charge in [-0.25, -0.2) is 18.2 Å². The monoisotopic (exact) mass is 503 g/mol. The highest BCUT2D eigenvalue weighted by Crippen LogP contribution is 2.44. The maximum Gasteiger partial charge on any atom is 0.249 e. The molecule has 0 radical (unpaired) electrons. The Kier molecular flexibility index (Phi) is 6.46. The zero-order chi connectivity index (χ0) is 24.7. The van der Waals surface area contributed by atoms with Crippen LogP contribution in [-0.4, -0.2) is 39.3 Å². The highest BCUT2D eigenvalue weighted by molar-refractivity contribution is 6.31. The van der Waals surface area contributed by atoms with Gasteiger partial charge in [-0.1, -0.05) is 11.6 Å². The topological polar surface area (TPSA) is 81.8 Å². The van der Waals surface area contributed by atoms with Crippen LogP contribution in [0.3, 0.4) is 0 Å². The minimum atomic E-state index is -2.87. The molecule has 1 aliphatic carbocycles. The Morgan fingerprint density at radius 2 is 1.94 bits per heavy atom. The van der Waals surface area contributed by atoms with Crippen LogP contribution in [0.15, 0.2) is 43.0 Å². The van der Waals surface area contributed by atoms with Gasteiger partial charge in [-0.05, 0) is 49.4 Å². The summed E-state index contributed by atoms with van der Waals surface area (Å²) in [6.07, 6.45) is 7.83. The van der Waals surface area contributed by atoms with Crippen molar-refractivity contribution in [1.82, 2.24) is 19.7 Å². The molecule has 1 aliphatic rings. The average Bonchev–Trinajstić information content (AvgIpc) is 3.50. The summed E-state index contributed by atoms with van der Waals surface area (Å²) in [4.78, 5) is 7.39. The van der Waals surface area contributed by atoms with Gasteiger partial charge in [-0.3, -0.25) is 4.68 Å². The number of nitrogens with zero attached hydrogens (tertiary/aromatic N) is 3. The molecule has 35 heavy (non-hydrogen) atoms. The van der Waals surface area contributed by atoms with Crippen LogP contribution in [0.25, 0.3) is 22.2 Å². The van der Waals surface area contributed by atoms with Gasteiger partial charge in [0.1, 0.15) is 17.2 Å². The first-order valence-electron chi connectivity index (χ1n) is 11.4. The molecule has 0 amide bonds. The van der Waals surface area contributed by atoms with Gasteiger partial charge >= 0.3 is 0 Å². The number of halogens is 4. The quantitative estimate of drug-likeness (QED) is 0.335. The molecule has 0 spiro atoms. The molecule has 10 heteroatoms. The van der Waals surface area contributed by atoms with Crippen LogP contribution in [0.4, 0.5) is 13.2 Å². The smallest absolute Gasteiger partial charge is 0.249 e. The Balaban J connectivity index is 1.55. The molecule has 6 nitrogen and oxygen atoms in total. The van der Waals surface area contributed by atoms with Crippen LogP contribution in [-0.2, 0) is 0 Å². The number of aromatic amines is 1. The molecule has 1 saturated carbocycles. The summed E-state index contributed by atoms with van der Waals surface area (Å²) in [6.45, 7) is 0. The maximum absolute atomic E-state index is 14.5. The van der Waals surface area contributed by atoms with Crippen LogP contribution in [0.5, 0.6) is 5.75 Å². The van der Waals surface area contributed by atoms with Crippen molar-refractivity contribution in [3.05, 3.63) is 65.0 Å². The number of rotatable bonds is 6. The minimum Gasteiger partial charge on any atom is -0.496 e. The minimum absolute atomic E-state index is 0.0913. The third-order valence-electron chi connectivity index (χ3n) is 6.82. The molecule has 3 N–H and O–H groups in total. The van der Waals surface area contributed by atoms with E-state index in [-0.39, 0.29) is 34.0 Å². The molecule has 0 unspecified atom stereocenters. The molecule has 0 bridgehead atoms. The molecule has 3 heterocycles. The van der Waals surface area contributed by atoms with E-state index >= 15 is 0 Å². The summed E-state index contributed by atoms with van der Waals surface area (Å²) in [6, 6.07) is 4.72. The van der Waals surface area contributed by atoms with E-state index in [1.165, 1.54) is 19.4 Å². The number of alkyl halides is 2. The predicted molar refractivity (Wildman–Crippen MR) is 129 cm³/mol. The molecule has 3 aromatic heterocycles. The first kappa shape index (κ1) is 23.7. The molecule has 4 aromatic rings. The van der Waals surface area contributed by atoms with E-state index in [0.29, 0.717) is 11.0 Å². The zero-order valence-corrected chi connectivity index (χ0v) is 19.8. The van der Waals surface area contributed by atoms with Crippen LogP contribution >= 0.6 is 11.6 Å². The van der Waals surface area contributed by atoms with Crippen molar-refractivity contribution in [3.63, 3.8) is 0 Å². The first-order chi connectivity index (χ1) is 16.9. The van der Waals surface area contributed by atoms with Crippen molar-refractivity contribution in [2.24, 2.45) is 5.73 Å². The highest BCUT2D eigenvalue weighted by atomic mass is 35.5. The fourth-order valence-corrected chi connectivity index (χ4v) is 5.20. The van der Waals surface area contributed by atoms with E-state index in [2.05, 4.69) is 15.1 Å². The van der Waals surface area contributed by atoms with Crippen molar-refractivity contribution in [3.8, 4) is 16.9 Å². The molecule has 1 aromatic carbocycles. The number of aromatic nitrogens is 4. The lowest BCUT2D eigenvalue weighted by Gasteiger charge is -2.26. The van der Waals surface area contributed by atoms with E-state index in [4.69, 9.17) is 22.1 Å². The summed E-state index contributed by atoms with van der Waals surface area (Å²) in [5, 5.41) is 4.64. The molecular weight excluding hydrogens is 479 g/mol. The predicted octanol–water partition coefficient (Wildman–Crippen LogP) is 6.07. The van der Waals surface area contributed by atoms with Gasteiger partial charge in [0.05, 0.1) is 30.3 Å². The van der Waals surface area contributed by atoms with E-state index < -0.39 is 18.2 Å². The number of H-pyrrole nitrogens is 1. The van der Waals surface area contributed by atoms with Crippen LogP contribution in [0, 0.1) is 5.82 Å². The van der Waals surface area contributed by atoms with E-state index in [0.717, 1.165) is 42.9 Å². The van der Waals surface area contributed by atoms with Gasteiger partial charge in [0, 0.05) is 46.7 Å². The summed E-state index contributed by atoms with van der Waals surface area (Å²) in [7, 11) is 1.34. The van der Waals surface area contributed by atoms with Crippen molar-refractivity contribution >= 4 is 22.6 Å². The lowest BCUT2D eigenvalue weighted by atomic mass is 9.90. The van der Waals surface area contributed by atoms with Crippen molar-refractivity contribution in [2.75, 3.05) is 7.11 Å². The van der Waals surface area contributed by atoms with Crippen molar-refractivity contribution < 1.29 is 17.9 Å². The summed E-state index contributed by atoms with van der Waals surface area (Å²) in [5.41, 5.74) is 8.18. The second kappa shape index (κ2) is 9.54. The number of nitrogens with two attached hydrogens (primary N) is 1. The van der Waals surface area contributed by atoms with Gasteiger partial charge < -0.3 is 15.5 Å². The molecule has 1 atom stereocenters. The second-order valence-corrected chi connectivity index (χ2v) is 9.31. The zero-order valence-electron chi connectivity index (χ0n) is 19.0. The number of nitrogens with one attached hydrogen (secondary N) is 1. The number of pyridine rings is 1. The number of methoxy groups -OCH3 is 1. The highest BCUT2D eigenvalue weighted by Gasteiger charge is 2.33. The number of hydrogen-bond acceptors (Lipinski definition) is 4. The molecule has 5 rings (SSSR count). The lowest BCUT2D eigenvalue weighted by Crippen LogP contribution is -2.27. The van der Waals surface area contributed by atoms with Gasteiger partial charge in [0.15, 0.2) is 0 Å². The number of benzene rings is 1. The number of hydrogen-bond donors (Lipinski definition) is 2. The van der Waals surface area contributed by atoms with Crippen molar-refractivity contribution in [2.45, 2.75) is 50.1 Å². The van der Waals surface area contributed by atoms with E-state index in [9.17, 15) is 13.2 Å². The third kappa shape index (κ3) is 4.38. The van der Waals surface area contributed by atoms with Gasteiger partial charge in [0.2, 0.25) is 6.43 Å². The number of fused-ring (bicyclic) bond motifs is 1. The molecule has 184 valence electrons. The Hall–Kier alpha value is -3.04. The second-order valence-electron chi connectivity index (χ2n) is 8.93. The van der Waals surface area contributed by atoms with Crippen LogP contribution in [0.1, 0.15) is 48.8 Å². The number of ether oxygens (including phenoxy) is 1. The van der Waals surface area contributed by atoms with Crippen LogP contribution in [0.2, 0.25) is 5.02 Å². The molecular formula is C25H25ClF3N5O. The Morgan fingerprint density at radius 1 is 1.17 bits per heavy atom. The van der Waals surface area contributed by atoms with E-state index in [1.54, 1.807) is 18.5 Å².